The number of carbonyl (C=O) groups is 1. The van der Waals surface area contributed by atoms with Gasteiger partial charge in [-0.3, -0.25) is 4.79 Å². The minimum Gasteiger partial charge on any atom is -0.468 e. The predicted molar refractivity (Wildman–Crippen MR) is 60.2 cm³/mol. The molecule has 0 aliphatic carbocycles. The summed E-state index contributed by atoms with van der Waals surface area (Å²) in [7, 11) is 1.36. The van der Waals surface area contributed by atoms with Crippen molar-refractivity contribution in [2.24, 2.45) is 5.92 Å². The lowest BCUT2D eigenvalue weighted by Crippen LogP contribution is -2.14. The quantitative estimate of drug-likeness (QED) is 0.582. The largest absolute Gasteiger partial charge is 0.468 e. The highest BCUT2D eigenvalue weighted by atomic mass is 32.2. The molecule has 16 heavy (non-hydrogen) atoms. The lowest BCUT2D eigenvalue weighted by atomic mass is 10.1. The second-order valence-corrected chi connectivity index (χ2v) is 5.13. The normalized spacial score (nSPS) is 12.8. The van der Waals surface area contributed by atoms with Crippen LogP contribution in [0.3, 0.4) is 0 Å². The summed E-state index contributed by atoms with van der Waals surface area (Å²) in [5, 5.41) is 7.84. The monoisotopic (exact) mass is 244 g/mol. The number of thioether (sulfide) groups is 1. The van der Waals surface area contributed by atoms with Crippen LogP contribution >= 0.6 is 11.8 Å². The number of methoxy groups -OCH3 is 1. The van der Waals surface area contributed by atoms with Gasteiger partial charge in [-0.15, -0.1) is 10.2 Å². The van der Waals surface area contributed by atoms with E-state index in [0.717, 1.165) is 6.42 Å². The van der Waals surface area contributed by atoms with E-state index >= 15 is 0 Å². The molecule has 6 heteroatoms. The molecule has 0 saturated carbocycles. The fraction of sp³-hybridized carbons (Fsp3) is 0.700. The molecule has 5 nitrogen and oxygen atoms in total. The molecule has 1 rings (SSSR count). The zero-order valence-electron chi connectivity index (χ0n) is 9.89. The van der Waals surface area contributed by atoms with E-state index in [1.165, 1.54) is 18.9 Å². The van der Waals surface area contributed by atoms with E-state index in [1.54, 1.807) is 6.92 Å². The van der Waals surface area contributed by atoms with Crippen molar-refractivity contribution in [1.29, 1.82) is 0 Å². The van der Waals surface area contributed by atoms with Gasteiger partial charge in [-0.2, -0.15) is 0 Å². The molecule has 1 atom stereocenters. The zero-order chi connectivity index (χ0) is 12.1. The first-order valence-corrected chi connectivity index (χ1v) is 5.97. The molecule has 1 heterocycles. The minimum absolute atomic E-state index is 0.298. The number of carbonyl (C=O) groups excluding carboxylic acids is 1. The molecule has 0 bridgehead atoms. The Labute approximate surface area is 99.0 Å². The molecule has 90 valence electrons. The summed E-state index contributed by atoms with van der Waals surface area (Å²) in [5.41, 5.74) is 0. The van der Waals surface area contributed by atoms with Gasteiger partial charge in [0, 0.05) is 6.42 Å². The maximum absolute atomic E-state index is 11.2. The molecule has 0 aromatic carbocycles. The summed E-state index contributed by atoms with van der Waals surface area (Å²) in [4.78, 5) is 11.2. The van der Waals surface area contributed by atoms with Gasteiger partial charge in [0.25, 0.3) is 5.22 Å². The van der Waals surface area contributed by atoms with Crippen LogP contribution in [0.4, 0.5) is 0 Å². The molecule has 1 aromatic rings. The zero-order valence-corrected chi connectivity index (χ0v) is 10.7. The standard InChI is InChI=1S/C10H16N2O3S/c1-6(2)5-8-11-12-10(15-8)16-7(3)9(13)14-4/h6-7H,5H2,1-4H3. The van der Waals surface area contributed by atoms with Crippen LogP contribution in [0.1, 0.15) is 26.7 Å². The van der Waals surface area contributed by atoms with Gasteiger partial charge in [-0.05, 0) is 12.8 Å². The van der Waals surface area contributed by atoms with Gasteiger partial charge in [0.15, 0.2) is 0 Å². The van der Waals surface area contributed by atoms with E-state index in [4.69, 9.17) is 4.42 Å². The van der Waals surface area contributed by atoms with Crippen molar-refractivity contribution in [3.63, 3.8) is 0 Å². The van der Waals surface area contributed by atoms with Crippen molar-refractivity contribution in [3.8, 4) is 0 Å². The van der Waals surface area contributed by atoms with Gasteiger partial charge in [-0.1, -0.05) is 25.6 Å². The third kappa shape index (κ3) is 3.84. The van der Waals surface area contributed by atoms with Gasteiger partial charge in [-0.25, -0.2) is 0 Å². The summed E-state index contributed by atoms with van der Waals surface area (Å²) in [5.74, 6) is 0.777. The van der Waals surface area contributed by atoms with Crippen molar-refractivity contribution < 1.29 is 13.9 Å². The van der Waals surface area contributed by atoms with Gasteiger partial charge in [0.2, 0.25) is 5.89 Å². The number of hydrogen-bond donors (Lipinski definition) is 0. The molecule has 0 fully saturated rings. The van der Waals surface area contributed by atoms with Crippen molar-refractivity contribution in [2.75, 3.05) is 7.11 Å². The first kappa shape index (κ1) is 13.0. The predicted octanol–water partition coefficient (Wildman–Crippen LogP) is 1.92. The number of aromatic nitrogens is 2. The molecule has 0 saturated heterocycles. The van der Waals surface area contributed by atoms with E-state index in [1.807, 2.05) is 0 Å². The van der Waals surface area contributed by atoms with Crippen LogP contribution in [0.25, 0.3) is 0 Å². The first-order valence-electron chi connectivity index (χ1n) is 5.09. The summed E-state index contributed by atoms with van der Waals surface area (Å²) in [6.45, 7) is 5.89. The average Bonchev–Trinajstić information content (AvgIpc) is 2.63. The maximum Gasteiger partial charge on any atom is 0.319 e. The van der Waals surface area contributed by atoms with Crippen molar-refractivity contribution in [2.45, 2.75) is 37.7 Å². The fourth-order valence-electron chi connectivity index (χ4n) is 1.08. The van der Waals surface area contributed by atoms with Crippen LogP contribution in [-0.4, -0.2) is 28.5 Å². The van der Waals surface area contributed by atoms with E-state index in [9.17, 15) is 4.79 Å². The highest BCUT2D eigenvalue weighted by Gasteiger charge is 2.18. The maximum atomic E-state index is 11.2. The molecule has 0 aliphatic rings. The second-order valence-electron chi connectivity index (χ2n) is 3.84. The lowest BCUT2D eigenvalue weighted by Gasteiger charge is -2.04. The Balaban J connectivity index is 2.55. The van der Waals surface area contributed by atoms with Crippen molar-refractivity contribution in [3.05, 3.63) is 5.89 Å². The van der Waals surface area contributed by atoms with Crippen LogP contribution in [-0.2, 0) is 16.0 Å². The van der Waals surface area contributed by atoms with E-state index < -0.39 is 0 Å². The average molecular weight is 244 g/mol. The van der Waals surface area contributed by atoms with E-state index in [2.05, 4.69) is 28.8 Å². The topological polar surface area (TPSA) is 65.2 Å². The van der Waals surface area contributed by atoms with Gasteiger partial charge >= 0.3 is 5.97 Å². The minimum atomic E-state index is -0.336. The highest BCUT2D eigenvalue weighted by molar-refractivity contribution is 8.00. The molecule has 1 aromatic heterocycles. The number of ether oxygens (including phenoxy) is 1. The van der Waals surface area contributed by atoms with Gasteiger partial charge in [0.1, 0.15) is 5.25 Å². The lowest BCUT2D eigenvalue weighted by molar-refractivity contribution is -0.139. The number of rotatable bonds is 5. The second kappa shape index (κ2) is 5.89. The van der Waals surface area contributed by atoms with Gasteiger partial charge < -0.3 is 9.15 Å². The highest BCUT2D eigenvalue weighted by Crippen LogP contribution is 2.23. The Morgan fingerprint density at radius 1 is 1.44 bits per heavy atom. The van der Waals surface area contributed by atoms with Crippen LogP contribution in [0.5, 0.6) is 0 Å². The van der Waals surface area contributed by atoms with Gasteiger partial charge in [0.05, 0.1) is 7.11 Å². The molecule has 0 N–H and O–H groups in total. The molecule has 0 spiro atoms. The summed E-state index contributed by atoms with van der Waals surface area (Å²) in [6, 6.07) is 0. The smallest absolute Gasteiger partial charge is 0.319 e. The third-order valence-corrected chi connectivity index (χ3v) is 2.75. The Hall–Kier alpha value is -1.04. The Bertz CT molecular complexity index is 352. The molecule has 1 unspecified atom stereocenters. The van der Waals surface area contributed by atoms with E-state index in [-0.39, 0.29) is 11.2 Å². The third-order valence-electron chi connectivity index (χ3n) is 1.84. The molecule has 0 amide bonds. The SMILES string of the molecule is COC(=O)C(C)Sc1nnc(CC(C)C)o1. The van der Waals surface area contributed by atoms with Crippen molar-refractivity contribution in [1.82, 2.24) is 10.2 Å². The number of esters is 1. The van der Waals surface area contributed by atoms with Crippen LogP contribution in [0, 0.1) is 5.92 Å². The van der Waals surface area contributed by atoms with Crippen LogP contribution < -0.4 is 0 Å². The summed E-state index contributed by atoms with van der Waals surface area (Å²) >= 11 is 1.21. The van der Waals surface area contributed by atoms with Crippen molar-refractivity contribution >= 4 is 17.7 Å². The molecular formula is C10H16N2O3S. The first-order chi connectivity index (χ1) is 7.52. The Morgan fingerprint density at radius 3 is 2.69 bits per heavy atom. The molecule has 0 aliphatic heterocycles. The Kier molecular flexibility index (Phi) is 4.79. The number of nitrogens with zero attached hydrogens (tertiary/aromatic N) is 2. The van der Waals surface area contributed by atoms with E-state index in [0.29, 0.717) is 17.0 Å². The fourth-order valence-corrected chi connectivity index (χ4v) is 1.81. The molecule has 0 radical (unpaired) electrons. The van der Waals surface area contributed by atoms with Crippen LogP contribution in [0.2, 0.25) is 0 Å². The Morgan fingerprint density at radius 2 is 2.12 bits per heavy atom. The van der Waals surface area contributed by atoms with Crippen LogP contribution in [0.15, 0.2) is 9.64 Å². The number of hydrogen-bond acceptors (Lipinski definition) is 6. The summed E-state index contributed by atoms with van der Waals surface area (Å²) in [6.07, 6.45) is 0.750. The molecular weight excluding hydrogens is 228 g/mol. The summed E-state index contributed by atoms with van der Waals surface area (Å²) < 4.78 is 10.00.